The first kappa shape index (κ1) is 13.6. The Kier molecular flexibility index (Phi) is 4.57. The largest absolute Gasteiger partial charge is 0.490 e. The van der Waals surface area contributed by atoms with Crippen molar-refractivity contribution in [2.75, 3.05) is 19.7 Å². The van der Waals surface area contributed by atoms with Crippen molar-refractivity contribution in [3.63, 3.8) is 0 Å². The normalized spacial score (nSPS) is 16.1. The molecule has 6 heteroatoms. The molecule has 1 N–H and O–H groups in total. The third kappa shape index (κ3) is 3.57. The fourth-order valence-electron chi connectivity index (χ4n) is 2.10. The van der Waals surface area contributed by atoms with Crippen LogP contribution in [-0.4, -0.2) is 30.7 Å². The molecule has 19 heavy (non-hydrogen) atoms. The molecule has 1 heterocycles. The summed E-state index contributed by atoms with van der Waals surface area (Å²) in [6.45, 7) is 4.06. The van der Waals surface area contributed by atoms with Gasteiger partial charge < -0.3 is 14.8 Å². The van der Waals surface area contributed by atoms with Gasteiger partial charge in [-0.15, -0.1) is 0 Å². The van der Waals surface area contributed by atoms with Crippen molar-refractivity contribution in [1.29, 1.82) is 0 Å². The Labute approximate surface area is 111 Å². The van der Waals surface area contributed by atoms with E-state index in [2.05, 4.69) is 5.32 Å². The Morgan fingerprint density at radius 3 is 2.79 bits per heavy atom. The second-order valence-electron chi connectivity index (χ2n) is 4.39. The van der Waals surface area contributed by atoms with Crippen molar-refractivity contribution in [3.8, 4) is 11.5 Å². The molecule has 0 aliphatic carbocycles. The van der Waals surface area contributed by atoms with Gasteiger partial charge in [-0.05, 0) is 38.9 Å². The summed E-state index contributed by atoms with van der Waals surface area (Å²) in [7, 11) is 0. The summed E-state index contributed by atoms with van der Waals surface area (Å²) in [5, 5.41) is 14.1. The van der Waals surface area contributed by atoms with Gasteiger partial charge in [-0.3, -0.25) is 10.1 Å². The third-order valence-corrected chi connectivity index (χ3v) is 3.02. The van der Waals surface area contributed by atoms with Crippen LogP contribution < -0.4 is 14.8 Å². The lowest BCUT2D eigenvalue weighted by atomic mass is 10.1. The number of nitrogens with zero attached hydrogens (tertiary/aromatic N) is 1. The van der Waals surface area contributed by atoms with E-state index in [4.69, 9.17) is 9.47 Å². The van der Waals surface area contributed by atoms with E-state index < -0.39 is 4.92 Å². The molecule has 0 bridgehead atoms. The molecule has 1 aliphatic rings. The maximum atomic E-state index is 10.9. The highest BCUT2D eigenvalue weighted by Gasteiger charge is 2.19. The molecule has 1 fully saturated rings. The predicted molar refractivity (Wildman–Crippen MR) is 70.8 cm³/mol. The van der Waals surface area contributed by atoms with E-state index in [1.165, 1.54) is 6.07 Å². The average Bonchev–Trinajstić information content (AvgIpc) is 2.40. The molecule has 1 aromatic rings. The van der Waals surface area contributed by atoms with Crippen LogP contribution >= 0.6 is 0 Å². The maximum absolute atomic E-state index is 10.9. The number of nitro groups is 1. The molecule has 0 unspecified atom stereocenters. The molecule has 0 radical (unpaired) electrons. The highest BCUT2D eigenvalue weighted by molar-refractivity contribution is 5.50. The number of benzene rings is 1. The average molecular weight is 266 g/mol. The van der Waals surface area contributed by atoms with Gasteiger partial charge in [0, 0.05) is 12.1 Å². The number of nitro benzene ring substituents is 1. The van der Waals surface area contributed by atoms with E-state index in [-0.39, 0.29) is 17.5 Å². The number of rotatable bonds is 5. The number of hydrogen-bond donors (Lipinski definition) is 1. The summed E-state index contributed by atoms with van der Waals surface area (Å²) in [4.78, 5) is 10.4. The molecule has 6 nitrogen and oxygen atoms in total. The highest BCUT2D eigenvalue weighted by Crippen LogP contribution is 2.32. The SMILES string of the molecule is CCOc1cc(OC2CCNCC2)ccc1[N+](=O)[O-]. The zero-order valence-electron chi connectivity index (χ0n) is 10.9. The standard InChI is InChI=1S/C13H18N2O4/c1-2-18-13-9-11(3-4-12(13)15(16)17)19-10-5-7-14-8-6-10/h3-4,9-10,14H,2,5-8H2,1H3. The topological polar surface area (TPSA) is 73.6 Å². The van der Waals surface area contributed by atoms with Crippen LogP contribution in [0.1, 0.15) is 19.8 Å². The monoisotopic (exact) mass is 266 g/mol. The molecular weight excluding hydrogens is 248 g/mol. The van der Waals surface area contributed by atoms with Crippen LogP contribution in [0.5, 0.6) is 11.5 Å². The zero-order chi connectivity index (χ0) is 13.7. The molecule has 104 valence electrons. The van der Waals surface area contributed by atoms with Gasteiger partial charge in [0.05, 0.1) is 11.5 Å². The first-order valence-electron chi connectivity index (χ1n) is 6.49. The second-order valence-corrected chi connectivity index (χ2v) is 4.39. The van der Waals surface area contributed by atoms with Gasteiger partial charge in [0.1, 0.15) is 11.9 Å². The second kappa shape index (κ2) is 6.38. The van der Waals surface area contributed by atoms with Crippen LogP contribution in [0.3, 0.4) is 0 Å². The summed E-state index contributed by atoms with van der Waals surface area (Å²) in [5.74, 6) is 0.889. The van der Waals surface area contributed by atoms with Crippen molar-refractivity contribution < 1.29 is 14.4 Å². The Balaban J connectivity index is 2.12. The van der Waals surface area contributed by atoms with Gasteiger partial charge in [-0.2, -0.15) is 0 Å². The molecule has 0 amide bonds. The molecular formula is C13H18N2O4. The molecule has 1 aliphatic heterocycles. The smallest absolute Gasteiger partial charge is 0.311 e. The Morgan fingerprint density at radius 2 is 2.16 bits per heavy atom. The minimum absolute atomic E-state index is 0.0282. The highest BCUT2D eigenvalue weighted by atomic mass is 16.6. The number of ether oxygens (including phenoxy) is 2. The van der Waals surface area contributed by atoms with Crippen molar-refractivity contribution in [2.45, 2.75) is 25.9 Å². The van der Waals surface area contributed by atoms with E-state index in [9.17, 15) is 10.1 Å². The van der Waals surface area contributed by atoms with E-state index in [1.54, 1.807) is 19.1 Å². The van der Waals surface area contributed by atoms with Crippen LogP contribution in [0.4, 0.5) is 5.69 Å². The molecule has 2 rings (SSSR count). The van der Waals surface area contributed by atoms with Gasteiger partial charge in [0.2, 0.25) is 5.75 Å². The van der Waals surface area contributed by atoms with Crippen LogP contribution in [0.15, 0.2) is 18.2 Å². The molecule has 0 spiro atoms. The van der Waals surface area contributed by atoms with E-state index in [0.717, 1.165) is 25.9 Å². The van der Waals surface area contributed by atoms with Crippen molar-refractivity contribution in [2.24, 2.45) is 0 Å². The van der Waals surface area contributed by atoms with Gasteiger partial charge in [-0.25, -0.2) is 0 Å². The van der Waals surface area contributed by atoms with E-state index >= 15 is 0 Å². The fraction of sp³-hybridized carbons (Fsp3) is 0.538. The first-order valence-corrected chi connectivity index (χ1v) is 6.49. The van der Waals surface area contributed by atoms with E-state index in [1.807, 2.05) is 0 Å². The van der Waals surface area contributed by atoms with Crippen LogP contribution in [0.2, 0.25) is 0 Å². The fourth-order valence-corrected chi connectivity index (χ4v) is 2.10. The number of piperidine rings is 1. The van der Waals surface area contributed by atoms with Crippen LogP contribution in [0, 0.1) is 10.1 Å². The summed E-state index contributed by atoms with van der Waals surface area (Å²) in [6.07, 6.45) is 2.05. The minimum Gasteiger partial charge on any atom is -0.490 e. The summed E-state index contributed by atoms with van der Waals surface area (Å²) >= 11 is 0. The van der Waals surface area contributed by atoms with Gasteiger partial charge in [-0.1, -0.05) is 0 Å². The maximum Gasteiger partial charge on any atom is 0.311 e. The third-order valence-electron chi connectivity index (χ3n) is 3.02. The lowest BCUT2D eigenvalue weighted by Gasteiger charge is -2.23. The number of hydrogen-bond acceptors (Lipinski definition) is 5. The lowest BCUT2D eigenvalue weighted by Crippen LogP contribution is -2.34. The number of nitrogens with one attached hydrogen (secondary N) is 1. The molecule has 0 saturated carbocycles. The van der Waals surface area contributed by atoms with Gasteiger partial charge in [0.25, 0.3) is 0 Å². The van der Waals surface area contributed by atoms with Crippen LogP contribution in [-0.2, 0) is 0 Å². The first-order chi connectivity index (χ1) is 9.20. The van der Waals surface area contributed by atoms with Gasteiger partial charge >= 0.3 is 5.69 Å². The van der Waals surface area contributed by atoms with Crippen molar-refractivity contribution in [1.82, 2.24) is 5.32 Å². The Hall–Kier alpha value is -1.82. The Morgan fingerprint density at radius 1 is 1.42 bits per heavy atom. The Bertz CT molecular complexity index is 444. The molecule has 0 atom stereocenters. The molecule has 1 saturated heterocycles. The summed E-state index contributed by atoms with van der Waals surface area (Å²) in [6, 6.07) is 4.66. The predicted octanol–water partition coefficient (Wildman–Crippen LogP) is 2.12. The zero-order valence-corrected chi connectivity index (χ0v) is 10.9. The molecule has 0 aromatic heterocycles. The molecule has 1 aromatic carbocycles. The quantitative estimate of drug-likeness (QED) is 0.652. The van der Waals surface area contributed by atoms with Crippen LogP contribution in [0.25, 0.3) is 0 Å². The van der Waals surface area contributed by atoms with E-state index in [0.29, 0.717) is 12.4 Å². The summed E-state index contributed by atoms with van der Waals surface area (Å²) < 4.78 is 11.1. The minimum atomic E-state index is -0.445. The van der Waals surface area contributed by atoms with Crippen molar-refractivity contribution >= 4 is 5.69 Å². The lowest BCUT2D eigenvalue weighted by molar-refractivity contribution is -0.385. The summed E-state index contributed by atoms with van der Waals surface area (Å²) in [5.41, 5.74) is -0.0282. The van der Waals surface area contributed by atoms with Gasteiger partial charge in [0.15, 0.2) is 0 Å². The van der Waals surface area contributed by atoms with Crippen molar-refractivity contribution in [3.05, 3.63) is 28.3 Å².